The Morgan fingerprint density at radius 2 is 2.07 bits per heavy atom. The zero-order chi connectivity index (χ0) is 21.3. The van der Waals surface area contributed by atoms with Crippen molar-refractivity contribution in [3.8, 4) is 5.69 Å². The molecule has 3 heterocycles. The lowest BCUT2D eigenvalue weighted by atomic mass is 10.2. The largest absolute Gasteiger partial charge is 0.416 e. The van der Waals surface area contributed by atoms with Gasteiger partial charge in [0.25, 0.3) is 5.22 Å². The summed E-state index contributed by atoms with van der Waals surface area (Å²) in [4.78, 5) is 17.2. The number of aromatic nitrogens is 4. The number of nitrogens with zero attached hydrogens (tertiary/aromatic N) is 4. The fourth-order valence-corrected chi connectivity index (χ4v) is 4.55. The van der Waals surface area contributed by atoms with Crippen LogP contribution >= 0.6 is 23.1 Å². The third-order valence-corrected chi connectivity index (χ3v) is 6.21. The van der Waals surface area contributed by atoms with Crippen LogP contribution in [0.3, 0.4) is 0 Å². The van der Waals surface area contributed by atoms with Gasteiger partial charge in [-0.1, -0.05) is 17.8 Å². The number of benzene rings is 1. The summed E-state index contributed by atoms with van der Waals surface area (Å²) in [5.74, 6) is 0.277. The molecule has 6 nitrogen and oxygen atoms in total. The van der Waals surface area contributed by atoms with Crippen molar-refractivity contribution in [2.45, 2.75) is 32.4 Å². The van der Waals surface area contributed by atoms with Gasteiger partial charge in [0.1, 0.15) is 5.82 Å². The number of carbonyl (C=O) groups is 1. The number of halogens is 1. The molecule has 0 unspecified atom stereocenters. The van der Waals surface area contributed by atoms with E-state index in [1.807, 2.05) is 42.9 Å². The summed E-state index contributed by atoms with van der Waals surface area (Å²) in [5, 5.41) is 11.3. The van der Waals surface area contributed by atoms with E-state index in [9.17, 15) is 9.18 Å². The van der Waals surface area contributed by atoms with Crippen molar-refractivity contribution in [3.05, 3.63) is 75.1 Å². The van der Waals surface area contributed by atoms with Gasteiger partial charge in [0.05, 0.1) is 22.9 Å². The van der Waals surface area contributed by atoms with Gasteiger partial charge in [-0.3, -0.25) is 4.79 Å². The number of thiazole rings is 1. The van der Waals surface area contributed by atoms with E-state index in [4.69, 9.17) is 4.42 Å². The molecule has 0 aliphatic rings. The van der Waals surface area contributed by atoms with Crippen LogP contribution in [0.2, 0.25) is 0 Å². The molecule has 0 atom stereocenters. The molecule has 30 heavy (non-hydrogen) atoms. The Balaban J connectivity index is 1.44. The van der Waals surface area contributed by atoms with Gasteiger partial charge >= 0.3 is 0 Å². The van der Waals surface area contributed by atoms with Crippen molar-refractivity contribution in [1.82, 2.24) is 19.7 Å². The van der Waals surface area contributed by atoms with Crippen molar-refractivity contribution in [1.29, 1.82) is 0 Å². The van der Waals surface area contributed by atoms with E-state index in [2.05, 4.69) is 15.2 Å². The van der Waals surface area contributed by atoms with Crippen molar-refractivity contribution in [3.63, 3.8) is 0 Å². The van der Waals surface area contributed by atoms with Crippen LogP contribution in [0, 0.1) is 26.6 Å². The minimum Gasteiger partial charge on any atom is -0.416 e. The van der Waals surface area contributed by atoms with Crippen molar-refractivity contribution < 1.29 is 13.6 Å². The van der Waals surface area contributed by atoms with E-state index in [1.54, 1.807) is 17.4 Å². The molecule has 0 saturated carbocycles. The zero-order valence-corrected chi connectivity index (χ0v) is 18.3. The molecule has 0 spiro atoms. The summed E-state index contributed by atoms with van der Waals surface area (Å²) in [6.07, 6.45) is 0.473. The fraction of sp³-hybridized carbons (Fsp3) is 0.238. The van der Waals surface area contributed by atoms with Gasteiger partial charge in [0, 0.05) is 28.0 Å². The first-order chi connectivity index (χ1) is 14.4. The number of hydrogen-bond acceptors (Lipinski definition) is 7. The number of carbonyl (C=O) groups excluding carboxylic acids is 1. The number of aryl methyl sites for hydroxylation is 2. The van der Waals surface area contributed by atoms with Gasteiger partial charge in [-0.25, -0.2) is 9.37 Å². The molecule has 9 heteroatoms. The number of hydrogen-bond donors (Lipinski definition) is 0. The SMILES string of the molecule is Cc1nc(Cc2nnc(SCC(=O)c3cc(C)n(-c4cccc(F)c4)c3C)o2)cs1. The summed E-state index contributed by atoms with van der Waals surface area (Å²) in [6.45, 7) is 5.70. The molecular weight excluding hydrogens is 423 g/mol. The minimum absolute atomic E-state index is 0.0503. The monoisotopic (exact) mass is 442 g/mol. The quantitative estimate of drug-likeness (QED) is 0.298. The molecule has 0 amide bonds. The molecule has 0 aliphatic heterocycles. The number of rotatable bonds is 7. The average Bonchev–Trinajstić information content (AvgIpc) is 3.40. The first-order valence-corrected chi connectivity index (χ1v) is 11.1. The summed E-state index contributed by atoms with van der Waals surface area (Å²) in [7, 11) is 0. The second-order valence-corrected chi connectivity index (χ2v) is 8.80. The van der Waals surface area contributed by atoms with E-state index in [-0.39, 0.29) is 17.4 Å². The Hall–Kier alpha value is -2.78. The van der Waals surface area contributed by atoms with Gasteiger partial charge in [-0.2, -0.15) is 0 Å². The molecular formula is C21H19FN4O2S2. The molecule has 4 rings (SSSR count). The lowest BCUT2D eigenvalue weighted by Gasteiger charge is -2.09. The van der Waals surface area contributed by atoms with Gasteiger partial charge in [-0.15, -0.1) is 21.5 Å². The van der Waals surface area contributed by atoms with Crippen LogP contribution in [-0.2, 0) is 6.42 Å². The highest BCUT2D eigenvalue weighted by Gasteiger charge is 2.18. The number of thioether (sulfide) groups is 1. The lowest BCUT2D eigenvalue weighted by Crippen LogP contribution is -2.05. The third-order valence-electron chi connectivity index (χ3n) is 4.57. The van der Waals surface area contributed by atoms with Crippen LogP contribution < -0.4 is 0 Å². The van der Waals surface area contributed by atoms with Crippen LogP contribution in [0.4, 0.5) is 4.39 Å². The van der Waals surface area contributed by atoms with E-state index in [1.165, 1.54) is 23.9 Å². The van der Waals surface area contributed by atoms with E-state index in [0.29, 0.717) is 28.8 Å². The van der Waals surface area contributed by atoms with Crippen molar-refractivity contribution in [2.75, 3.05) is 5.75 Å². The maximum absolute atomic E-state index is 13.6. The molecule has 4 aromatic rings. The van der Waals surface area contributed by atoms with Crippen LogP contribution in [-0.4, -0.2) is 31.3 Å². The zero-order valence-electron chi connectivity index (χ0n) is 16.7. The Kier molecular flexibility index (Phi) is 5.83. The Morgan fingerprint density at radius 1 is 1.23 bits per heavy atom. The van der Waals surface area contributed by atoms with Crippen LogP contribution in [0.5, 0.6) is 0 Å². The van der Waals surface area contributed by atoms with E-state index < -0.39 is 0 Å². The molecule has 0 aliphatic carbocycles. The van der Waals surface area contributed by atoms with E-state index >= 15 is 0 Å². The molecule has 3 aromatic heterocycles. The third kappa shape index (κ3) is 4.36. The summed E-state index contributed by atoms with van der Waals surface area (Å²) >= 11 is 2.78. The lowest BCUT2D eigenvalue weighted by molar-refractivity contribution is 0.102. The highest BCUT2D eigenvalue weighted by atomic mass is 32.2. The van der Waals surface area contributed by atoms with E-state index in [0.717, 1.165) is 22.1 Å². The topological polar surface area (TPSA) is 73.8 Å². The molecule has 154 valence electrons. The normalized spacial score (nSPS) is 11.2. The highest BCUT2D eigenvalue weighted by molar-refractivity contribution is 7.99. The second kappa shape index (κ2) is 8.53. The number of ketones is 1. The molecule has 0 radical (unpaired) electrons. The summed E-state index contributed by atoms with van der Waals surface area (Å²) in [6, 6.07) is 8.14. The first kappa shape index (κ1) is 20.5. The molecule has 0 fully saturated rings. The van der Waals surface area contributed by atoms with Crippen molar-refractivity contribution >= 4 is 28.9 Å². The van der Waals surface area contributed by atoms with Crippen LogP contribution in [0.1, 0.15) is 38.3 Å². The fourth-order valence-electron chi connectivity index (χ4n) is 3.27. The summed E-state index contributed by atoms with van der Waals surface area (Å²) < 4.78 is 21.1. The smallest absolute Gasteiger partial charge is 0.277 e. The van der Waals surface area contributed by atoms with Gasteiger partial charge in [0.2, 0.25) is 5.89 Å². The van der Waals surface area contributed by atoms with Gasteiger partial charge < -0.3 is 8.98 Å². The Labute approximate surface area is 181 Å². The second-order valence-electron chi connectivity index (χ2n) is 6.81. The molecule has 0 saturated heterocycles. The Bertz CT molecular complexity index is 1210. The number of Topliss-reactive ketones (excluding diaryl/α,β-unsaturated/α-hetero) is 1. The molecule has 0 N–H and O–H groups in total. The van der Waals surface area contributed by atoms with Crippen molar-refractivity contribution in [2.24, 2.45) is 0 Å². The maximum atomic E-state index is 13.6. The average molecular weight is 443 g/mol. The van der Waals surface area contributed by atoms with Crippen LogP contribution in [0.25, 0.3) is 5.69 Å². The molecule has 0 bridgehead atoms. The van der Waals surface area contributed by atoms with Gasteiger partial charge in [-0.05, 0) is 45.0 Å². The van der Waals surface area contributed by atoms with Crippen LogP contribution in [0.15, 0.2) is 45.4 Å². The standard InChI is InChI=1S/C21H19FN4O2S2/c1-12-7-18(13(2)26(12)17-6-4-5-15(22)8-17)19(27)11-30-21-25-24-20(28-21)9-16-10-29-14(3)23-16/h4-8,10H,9,11H2,1-3H3. The highest BCUT2D eigenvalue weighted by Crippen LogP contribution is 2.25. The predicted octanol–water partition coefficient (Wildman–Crippen LogP) is 4.95. The minimum atomic E-state index is -0.316. The maximum Gasteiger partial charge on any atom is 0.277 e. The Morgan fingerprint density at radius 3 is 2.80 bits per heavy atom. The summed E-state index contributed by atoms with van der Waals surface area (Å²) in [5.41, 5.74) is 3.81. The van der Waals surface area contributed by atoms with Gasteiger partial charge in [0.15, 0.2) is 5.78 Å². The predicted molar refractivity (Wildman–Crippen MR) is 114 cm³/mol. The first-order valence-electron chi connectivity index (χ1n) is 9.25. The molecule has 1 aromatic carbocycles.